The number of nitrogens with zero attached hydrogens (tertiary/aromatic N) is 2. The van der Waals surface area contributed by atoms with Crippen LogP contribution in [0.1, 0.15) is 48.0 Å². The number of carbonyl (C=O) groups excluding carboxylic acids is 1. The summed E-state index contributed by atoms with van der Waals surface area (Å²) in [6.45, 7) is 12.2. The lowest BCUT2D eigenvalue weighted by Gasteiger charge is -2.17. The second-order valence-corrected chi connectivity index (χ2v) is 8.86. The molecule has 0 fully saturated rings. The molecule has 0 aliphatic heterocycles. The van der Waals surface area contributed by atoms with Crippen molar-refractivity contribution in [1.82, 2.24) is 20.9 Å². The minimum absolute atomic E-state index is 0.103. The number of hydrogen-bond donors (Lipinski definition) is 3. The van der Waals surface area contributed by atoms with Crippen LogP contribution in [0.2, 0.25) is 0 Å². The maximum absolute atomic E-state index is 12.6. The summed E-state index contributed by atoms with van der Waals surface area (Å²) in [4.78, 5) is 22.0. The zero-order valence-electron chi connectivity index (χ0n) is 23.9. The number of benzene rings is 3. The Balaban J connectivity index is 0.00000216. The van der Waals surface area contributed by atoms with Gasteiger partial charge in [0.05, 0.1) is 17.9 Å². The summed E-state index contributed by atoms with van der Waals surface area (Å²) >= 11 is 0. The highest BCUT2D eigenvalue weighted by Crippen LogP contribution is 2.35. The Bertz CT molecular complexity index is 1410. The first kappa shape index (κ1) is 30.0. The lowest BCUT2D eigenvalue weighted by Crippen LogP contribution is -2.30. The predicted molar refractivity (Wildman–Crippen MR) is 168 cm³/mol. The molecule has 0 saturated carbocycles. The summed E-state index contributed by atoms with van der Waals surface area (Å²) < 4.78 is 0. The van der Waals surface area contributed by atoms with Crippen molar-refractivity contribution in [2.75, 3.05) is 20.1 Å². The van der Waals surface area contributed by atoms with E-state index in [4.69, 9.17) is 4.99 Å². The highest BCUT2D eigenvalue weighted by Gasteiger charge is 2.14. The molecule has 0 radical (unpaired) electrons. The van der Waals surface area contributed by atoms with Crippen LogP contribution in [0.4, 0.5) is 5.69 Å². The van der Waals surface area contributed by atoms with Gasteiger partial charge in [-0.05, 0) is 61.0 Å². The van der Waals surface area contributed by atoms with Gasteiger partial charge in [0, 0.05) is 41.8 Å². The molecule has 4 rings (SSSR count). The van der Waals surface area contributed by atoms with Gasteiger partial charge in [0.2, 0.25) is 0 Å². The summed E-state index contributed by atoms with van der Waals surface area (Å²) in [6.07, 6.45) is 1.78. The third-order valence-corrected chi connectivity index (χ3v) is 6.13. The molecule has 3 aromatic carbocycles. The van der Waals surface area contributed by atoms with Gasteiger partial charge in [-0.25, -0.2) is 0 Å². The summed E-state index contributed by atoms with van der Waals surface area (Å²) in [5.74, 6) is -0.103. The Hall–Kier alpha value is -4.55. The average Bonchev–Trinajstić information content (AvgIpc) is 3.02. The molecular formula is C34H39N5O. The van der Waals surface area contributed by atoms with Crippen molar-refractivity contribution in [3.05, 3.63) is 126 Å². The lowest BCUT2D eigenvalue weighted by molar-refractivity contribution is 0.0954. The fraction of sp³-hybridized carbons (Fsp3) is 0.206. The normalized spacial score (nSPS) is 10.8. The Morgan fingerprint density at radius 1 is 0.850 bits per heavy atom. The van der Waals surface area contributed by atoms with E-state index in [2.05, 4.69) is 45.7 Å². The van der Waals surface area contributed by atoms with Gasteiger partial charge < -0.3 is 16.0 Å². The van der Waals surface area contributed by atoms with E-state index in [1.54, 1.807) is 6.20 Å². The smallest absolute Gasteiger partial charge is 0.251 e. The molecule has 0 spiro atoms. The number of amides is 1. The van der Waals surface area contributed by atoms with Gasteiger partial charge in [-0.2, -0.15) is 0 Å². The van der Waals surface area contributed by atoms with Crippen LogP contribution in [0, 0.1) is 0 Å². The molecule has 0 aliphatic carbocycles. The molecule has 6 nitrogen and oxygen atoms in total. The zero-order valence-corrected chi connectivity index (χ0v) is 23.9. The van der Waals surface area contributed by atoms with E-state index >= 15 is 0 Å². The van der Waals surface area contributed by atoms with Crippen molar-refractivity contribution in [3.63, 3.8) is 0 Å². The second-order valence-electron chi connectivity index (χ2n) is 8.86. The number of nitrogens with one attached hydrogen (secondary N) is 3. The Labute approximate surface area is 238 Å². The van der Waals surface area contributed by atoms with Gasteiger partial charge >= 0.3 is 0 Å². The van der Waals surface area contributed by atoms with Crippen LogP contribution in [-0.4, -0.2) is 36.7 Å². The minimum Gasteiger partial charge on any atom is -0.379 e. The minimum atomic E-state index is -0.103. The van der Waals surface area contributed by atoms with Crippen molar-refractivity contribution in [1.29, 1.82) is 0 Å². The summed E-state index contributed by atoms with van der Waals surface area (Å²) in [6, 6.07) is 29.7. The van der Waals surface area contributed by atoms with E-state index in [9.17, 15) is 4.79 Å². The predicted octanol–water partition coefficient (Wildman–Crippen LogP) is 6.63. The third-order valence-electron chi connectivity index (χ3n) is 6.13. The van der Waals surface area contributed by atoms with Gasteiger partial charge in [-0.3, -0.25) is 14.8 Å². The van der Waals surface area contributed by atoms with Crippen molar-refractivity contribution in [2.24, 2.45) is 4.99 Å². The standard InChI is InChI=1S/C32H33N5O.C2H6/c1-23(26-13-9-14-27(21-26)32(38)35-20-19-33-3)37-30-17-10-16-29(25-11-5-4-6-12-25)31(30)24(2)36-22-28-15-7-8-18-34-28;1-2/h4-18,21,33,36H,2,19-20,22H2,1,3H3,(H,35,38);1-2H3. The van der Waals surface area contributed by atoms with Crippen molar-refractivity contribution < 1.29 is 4.79 Å². The second kappa shape index (κ2) is 15.8. The van der Waals surface area contributed by atoms with E-state index in [-0.39, 0.29) is 5.91 Å². The average molecular weight is 534 g/mol. The summed E-state index contributed by atoms with van der Waals surface area (Å²) in [5.41, 5.74) is 7.83. The molecule has 0 atom stereocenters. The van der Waals surface area contributed by atoms with Crippen LogP contribution in [0.25, 0.3) is 16.8 Å². The highest BCUT2D eigenvalue weighted by molar-refractivity contribution is 6.04. The molecule has 0 bridgehead atoms. The quantitative estimate of drug-likeness (QED) is 0.149. The molecule has 1 amide bonds. The van der Waals surface area contributed by atoms with E-state index in [1.807, 2.05) is 101 Å². The molecule has 0 saturated heterocycles. The highest BCUT2D eigenvalue weighted by atomic mass is 16.1. The molecule has 1 heterocycles. The fourth-order valence-corrected chi connectivity index (χ4v) is 4.13. The summed E-state index contributed by atoms with van der Waals surface area (Å²) in [7, 11) is 1.86. The summed E-state index contributed by atoms with van der Waals surface area (Å²) in [5, 5.41) is 9.40. The maximum Gasteiger partial charge on any atom is 0.251 e. The van der Waals surface area contributed by atoms with Gasteiger partial charge in [0.1, 0.15) is 0 Å². The third kappa shape index (κ3) is 8.22. The molecule has 206 valence electrons. The number of rotatable bonds is 11. The van der Waals surface area contributed by atoms with Crippen LogP contribution in [0.5, 0.6) is 0 Å². The molecule has 40 heavy (non-hydrogen) atoms. The Morgan fingerprint density at radius 3 is 2.30 bits per heavy atom. The van der Waals surface area contributed by atoms with E-state index in [0.717, 1.165) is 45.0 Å². The van der Waals surface area contributed by atoms with Crippen LogP contribution in [-0.2, 0) is 6.54 Å². The van der Waals surface area contributed by atoms with Crippen LogP contribution in [0.15, 0.2) is 109 Å². The SMILES string of the molecule is C=C(NCc1ccccn1)c1c(N=C(C)c2cccc(C(=O)NCCNC)c2)cccc1-c1ccccc1.CC. The van der Waals surface area contributed by atoms with Gasteiger partial charge in [-0.1, -0.05) is 81.1 Å². The Kier molecular flexibility index (Phi) is 11.8. The van der Waals surface area contributed by atoms with Crippen LogP contribution >= 0.6 is 0 Å². The topological polar surface area (TPSA) is 78.4 Å². The number of aliphatic imine (C=N–C) groups is 1. The number of aromatic nitrogens is 1. The molecule has 6 heteroatoms. The van der Waals surface area contributed by atoms with Gasteiger partial charge in [-0.15, -0.1) is 0 Å². The Morgan fingerprint density at radius 2 is 1.57 bits per heavy atom. The van der Waals surface area contributed by atoms with E-state index in [0.29, 0.717) is 25.2 Å². The largest absolute Gasteiger partial charge is 0.379 e. The van der Waals surface area contributed by atoms with Crippen molar-refractivity contribution in [2.45, 2.75) is 27.3 Å². The van der Waals surface area contributed by atoms with Gasteiger partial charge in [0.15, 0.2) is 0 Å². The first-order chi connectivity index (χ1) is 19.6. The number of pyridine rings is 1. The molecule has 0 aliphatic rings. The molecule has 0 unspecified atom stereocenters. The number of carbonyl (C=O) groups is 1. The molecule has 3 N–H and O–H groups in total. The van der Waals surface area contributed by atoms with Crippen LogP contribution < -0.4 is 16.0 Å². The van der Waals surface area contributed by atoms with E-state index < -0.39 is 0 Å². The van der Waals surface area contributed by atoms with Crippen molar-refractivity contribution >= 4 is 23.0 Å². The van der Waals surface area contributed by atoms with Crippen LogP contribution in [0.3, 0.4) is 0 Å². The van der Waals surface area contributed by atoms with Crippen molar-refractivity contribution in [3.8, 4) is 11.1 Å². The monoisotopic (exact) mass is 533 g/mol. The zero-order chi connectivity index (χ0) is 28.7. The molecular weight excluding hydrogens is 494 g/mol. The van der Waals surface area contributed by atoms with Gasteiger partial charge in [0.25, 0.3) is 5.91 Å². The molecule has 1 aromatic heterocycles. The van der Waals surface area contributed by atoms with E-state index in [1.165, 1.54) is 0 Å². The molecule has 4 aromatic rings. The fourth-order valence-electron chi connectivity index (χ4n) is 4.13. The maximum atomic E-state index is 12.6. The first-order valence-corrected chi connectivity index (χ1v) is 13.7. The number of hydrogen-bond acceptors (Lipinski definition) is 5. The first-order valence-electron chi connectivity index (χ1n) is 13.7. The number of likely N-dealkylation sites (N-methyl/N-ethyl adjacent to an activating group) is 1. The lowest BCUT2D eigenvalue weighted by atomic mass is 9.96.